The van der Waals surface area contributed by atoms with Gasteiger partial charge in [0, 0.05) is 19.3 Å². The lowest BCUT2D eigenvalue weighted by molar-refractivity contribution is -0.167. The minimum absolute atomic E-state index is 0.0776. The maximum Gasteiger partial charge on any atom is 0.306 e. The lowest BCUT2D eigenvalue weighted by atomic mass is 10.0. The minimum atomic E-state index is -0.780. The Kier molecular flexibility index (Phi) is 58.2. The molecule has 0 radical (unpaired) electrons. The van der Waals surface area contributed by atoms with Crippen molar-refractivity contribution in [3.05, 3.63) is 60.8 Å². The zero-order valence-electron chi connectivity index (χ0n) is 47.9. The van der Waals surface area contributed by atoms with Crippen molar-refractivity contribution in [1.82, 2.24) is 0 Å². The third-order valence-electron chi connectivity index (χ3n) is 13.7. The molecule has 1 atom stereocenters. The molecule has 0 heterocycles. The number of carbonyl (C=O) groups excluding carboxylic acids is 3. The second-order valence-corrected chi connectivity index (χ2v) is 21.0. The predicted octanol–water partition coefficient (Wildman–Crippen LogP) is 21.2. The van der Waals surface area contributed by atoms with Crippen LogP contribution >= 0.6 is 0 Å². The Bertz CT molecular complexity index is 1290. The van der Waals surface area contributed by atoms with E-state index in [1.165, 1.54) is 193 Å². The zero-order chi connectivity index (χ0) is 52.2. The summed E-state index contributed by atoms with van der Waals surface area (Å²) in [6.07, 6.45) is 76.5. The Balaban J connectivity index is 4.28. The van der Waals surface area contributed by atoms with Crippen molar-refractivity contribution in [2.75, 3.05) is 13.2 Å². The Morgan fingerprint density at radius 2 is 0.500 bits per heavy atom. The van der Waals surface area contributed by atoms with E-state index in [0.717, 1.165) is 89.9 Å². The second-order valence-electron chi connectivity index (χ2n) is 21.0. The molecule has 0 N–H and O–H groups in total. The highest BCUT2D eigenvalue weighted by atomic mass is 16.6. The summed E-state index contributed by atoms with van der Waals surface area (Å²) >= 11 is 0. The van der Waals surface area contributed by atoms with Gasteiger partial charge in [-0.3, -0.25) is 14.4 Å². The van der Waals surface area contributed by atoms with Gasteiger partial charge >= 0.3 is 17.9 Å². The summed E-state index contributed by atoms with van der Waals surface area (Å²) in [5.41, 5.74) is 0. The van der Waals surface area contributed by atoms with Crippen molar-refractivity contribution in [2.45, 2.75) is 329 Å². The van der Waals surface area contributed by atoms with Gasteiger partial charge in [0.05, 0.1) is 0 Å². The van der Waals surface area contributed by atoms with Crippen molar-refractivity contribution in [2.24, 2.45) is 0 Å². The number of hydrogen-bond donors (Lipinski definition) is 0. The molecule has 0 aliphatic heterocycles. The van der Waals surface area contributed by atoms with Gasteiger partial charge in [-0.15, -0.1) is 0 Å². The second kappa shape index (κ2) is 60.7. The molecule has 6 heteroatoms. The van der Waals surface area contributed by atoms with Crippen molar-refractivity contribution in [3.63, 3.8) is 0 Å². The van der Waals surface area contributed by atoms with Crippen LogP contribution in [-0.4, -0.2) is 37.2 Å². The molecule has 0 fully saturated rings. The number of carbonyl (C=O) groups is 3. The molecule has 0 saturated heterocycles. The van der Waals surface area contributed by atoms with Gasteiger partial charge < -0.3 is 14.2 Å². The number of rotatable bonds is 57. The van der Waals surface area contributed by atoms with Crippen molar-refractivity contribution < 1.29 is 28.6 Å². The molecule has 0 bridgehead atoms. The van der Waals surface area contributed by atoms with E-state index in [1.807, 2.05) is 0 Å². The van der Waals surface area contributed by atoms with Gasteiger partial charge in [0.1, 0.15) is 13.2 Å². The molecule has 0 aromatic heterocycles. The van der Waals surface area contributed by atoms with Crippen LogP contribution in [-0.2, 0) is 28.6 Å². The number of esters is 3. The first-order valence-electron chi connectivity index (χ1n) is 31.3. The number of unbranched alkanes of at least 4 members (excludes halogenated alkanes) is 36. The summed E-state index contributed by atoms with van der Waals surface area (Å²) in [5.74, 6) is -0.880. The molecule has 6 nitrogen and oxygen atoms in total. The van der Waals surface area contributed by atoms with E-state index in [0.29, 0.717) is 19.3 Å². The molecule has 72 heavy (non-hydrogen) atoms. The standard InChI is InChI=1S/C66H118O6/c1-4-7-10-13-16-19-22-24-26-28-30-32-33-35-36-38-40-42-44-47-50-53-56-59-65(68)71-62-63(61-70-64(67)58-55-52-49-46-21-18-15-12-9-6-3)72-66(69)60-57-54-51-48-45-43-41-39-37-34-31-29-27-25-23-20-17-14-11-8-5-2/h22-25,28-31,37,39,63H,4-21,26-27,32-36,38,40-62H2,1-3H3/b24-22-,25-23-,30-28-,31-29-,39-37-. The van der Waals surface area contributed by atoms with E-state index in [9.17, 15) is 14.4 Å². The lowest BCUT2D eigenvalue weighted by Crippen LogP contribution is -2.30. The molecular weight excluding hydrogens is 889 g/mol. The van der Waals surface area contributed by atoms with Crippen molar-refractivity contribution >= 4 is 17.9 Å². The fourth-order valence-electron chi connectivity index (χ4n) is 9.01. The van der Waals surface area contributed by atoms with Crippen molar-refractivity contribution in [3.8, 4) is 0 Å². The molecular formula is C66H118O6. The van der Waals surface area contributed by atoms with E-state index in [1.54, 1.807) is 0 Å². The number of ether oxygens (including phenoxy) is 3. The molecule has 418 valence electrons. The van der Waals surface area contributed by atoms with Crippen LogP contribution in [0.4, 0.5) is 0 Å². The lowest BCUT2D eigenvalue weighted by Gasteiger charge is -2.18. The van der Waals surface area contributed by atoms with Crippen LogP contribution in [0.5, 0.6) is 0 Å². The third-order valence-corrected chi connectivity index (χ3v) is 13.7. The van der Waals surface area contributed by atoms with Crippen LogP contribution in [0.15, 0.2) is 60.8 Å². The Morgan fingerprint density at radius 3 is 0.778 bits per heavy atom. The molecule has 0 saturated carbocycles. The van der Waals surface area contributed by atoms with Crippen LogP contribution in [0.2, 0.25) is 0 Å². The van der Waals surface area contributed by atoms with Crippen molar-refractivity contribution in [1.29, 1.82) is 0 Å². The highest BCUT2D eigenvalue weighted by Crippen LogP contribution is 2.16. The molecule has 0 aromatic carbocycles. The largest absolute Gasteiger partial charge is 0.462 e. The maximum atomic E-state index is 12.9. The fraction of sp³-hybridized carbons (Fsp3) is 0.803. The summed E-state index contributed by atoms with van der Waals surface area (Å²) < 4.78 is 16.9. The first-order valence-corrected chi connectivity index (χ1v) is 31.3. The Hall–Kier alpha value is -2.89. The van der Waals surface area contributed by atoms with E-state index >= 15 is 0 Å². The quantitative estimate of drug-likeness (QED) is 0.0261. The first kappa shape index (κ1) is 69.1. The van der Waals surface area contributed by atoms with Gasteiger partial charge in [0.25, 0.3) is 0 Å². The highest BCUT2D eigenvalue weighted by molar-refractivity contribution is 5.71. The highest BCUT2D eigenvalue weighted by Gasteiger charge is 2.19. The Labute approximate surface area is 447 Å². The van der Waals surface area contributed by atoms with Gasteiger partial charge in [0.15, 0.2) is 6.10 Å². The molecule has 0 aliphatic carbocycles. The molecule has 0 spiro atoms. The average Bonchev–Trinajstić information content (AvgIpc) is 3.38. The zero-order valence-corrected chi connectivity index (χ0v) is 47.9. The van der Waals surface area contributed by atoms with Gasteiger partial charge in [-0.05, 0) is 89.9 Å². The van der Waals surface area contributed by atoms with E-state index in [-0.39, 0.29) is 31.1 Å². The van der Waals surface area contributed by atoms with Gasteiger partial charge in [-0.2, -0.15) is 0 Å². The summed E-state index contributed by atoms with van der Waals surface area (Å²) in [6, 6.07) is 0. The van der Waals surface area contributed by atoms with Crippen LogP contribution in [0.3, 0.4) is 0 Å². The third kappa shape index (κ3) is 58.0. The maximum absolute atomic E-state index is 12.9. The fourth-order valence-corrected chi connectivity index (χ4v) is 9.01. The van der Waals surface area contributed by atoms with Gasteiger partial charge in [0.2, 0.25) is 0 Å². The summed E-state index contributed by atoms with van der Waals surface area (Å²) in [5, 5.41) is 0. The average molecular weight is 1010 g/mol. The monoisotopic (exact) mass is 1010 g/mol. The SMILES string of the molecule is CCCCCCC/C=C\C/C=C\C/C=C\CCCCCCCCC(=O)OC(COC(=O)CCCCCCCCCCCC)COC(=O)CCCCCCCCCCCCC/C=C\C/C=C\CCCCCCC. The van der Waals surface area contributed by atoms with Crippen LogP contribution in [0.1, 0.15) is 323 Å². The van der Waals surface area contributed by atoms with E-state index in [2.05, 4.69) is 81.5 Å². The molecule has 0 aliphatic rings. The van der Waals surface area contributed by atoms with E-state index in [4.69, 9.17) is 14.2 Å². The summed E-state index contributed by atoms with van der Waals surface area (Å²) in [6.45, 7) is 6.63. The van der Waals surface area contributed by atoms with Crippen LogP contribution in [0, 0.1) is 0 Å². The number of hydrogen-bond acceptors (Lipinski definition) is 6. The normalized spacial score (nSPS) is 12.4. The molecule has 0 aromatic rings. The minimum Gasteiger partial charge on any atom is -0.462 e. The Morgan fingerprint density at radius 1 is 0.278 bits per heavy atom. The van der Waals surface area contributed by atoms with Gasteiger partial charge in [-0.25, -0.2) is 0 Å². The number of allylic oxidation sites excluding steroid dienone is 10. The molecule has 0 rings (SSSR count). The first-order chi connectivity index (χ1) is 35.5. The van der Waals surface area contributed by atoms with Crippen LogP contribution < -0.4 is 0 Å². The molecule has 1 unspecified atom stereocenters. The van der Waals surface area contributed by atoms with Gasteiger partial charge in [-0.1, -0.05) is 274 Å². The smallest absolute Gasteiger partial charge is 0.306 e. The van der Waals surface area contributed by atoms with E-state index < -0.39 is 6.10 Å². The summed E-state index contributed by atoms with van der Waals surface area (Å²) in [7, 11) is 0. The van der Waals surface area contributed by atoms with Crippen LogP contribution in [0.25, 0.3) is 0 Å². The molecule has 0 amide bonds. The topological polar surface area (TPSA) is 78.9 Å². The summed E-state index contributed by atoms with van der Waals surface area (Å²) in [4.78, 5) is 38.2. The predicted molar refractivity (Wildman–Crippen MR) is 312 cm³/mol.